The number of rotatable bonds is 1. The maximum absolute atomic E-state index is 9.00. The second-order valence-electron chi connectivity index (χ2n) is 2.65. The average molecular weight is 396 g/mol. The van der Waals surface area contributed by atoms with Gasteiger partial charge in [0.25, 0.3) is 23.9 Å². The summed E-state index contributed by atoms with van der Waals surface area (Å²) in [6.07, 6.45) is 0. The summed E-state index contributed by atoms with van der Waals surface area (Å²) in [5, 5.41) is 29.7. The van der Waals surface area contributed by atoms with Gasteiger partial charge in [0.05, 0.1) is 0 Å². The van der Waals surface area contributed by atoms with Crippen molar-refractivity contribution in [3.63, 3.8) is 0 Å². The molecule has 0 aliphatic rings. The Bertz CT molecular complexity index is 201. The molecule has 0 bridgehead atoms. The van der Waals surface area contributed by atoms with Crippen LogP contribution >= 0.6 is 0 Å². The van der Waals surface area contributed by atoms with Crippen LogP contribution in [0.25, 0.3) is 0 Å². The van der Waals surface area contributed by atoms with Gasteiger partial charge in [0.15, 0.2) is 0 Å². The van der Waals surface area contributed by atoms with Crippen molar-refractivity contribution < 1.29 is 56.7 Å². The summed E-state index contributed by atoms with van der Waals surface area (Å²) in [6.45, 7) is 5.53. The van der Waals surface area contributed by atoms with Gasteiger partial charge < -0.3 is 31.9 Å². The van der Waals surface area contributed by atoms with Crippen molar-refractivity contribution in [1.29, 1.82) is 0 Å². The van der Waals surface area contributed by atoms with Crippen molar-refractivity contribution in [3.8, 4) is 0 Å². The van der Waals surface area contributed by atoms with Crippen molar-refractivity contribution in [1.82, 2.24) is 0 Å². The first kappa shape index (κ1) is 43.1. The van der Waals surface area contributed by atoms with Crippen LogP contribution in [0.4, 0.5) is 0 Å². The van der Waals surface area contributed by atoms with E-state index in [0.29, 0.717) is 13.1 Å². The first-order chi connectivity index (χ1) is 8.84. The molecule has 0 aromatic rings. The van der Waals surface area contributed by atoms with Crippen LogP contribution in [0.15, 0.2) is 0 Å². The van der Waals surface area contributed by atoms with Crippen molar-refractivity contribution in [3.05, 3.63) is 0 Å². The van der Waals surface area contributed by atoms with Gasteiger partial charge in [-0.25, -0.2) is 0 Å². The molecule has 0 atom stereocenters. The van der Waals surface area contributed by atoms with E-state index in [4.69, 9.17) is 51.1 Å². The number of aliphatic carboxylic acids is 4. The number of nitrogens with two attached hydrogens (primary N) is 2. The van der Waals surface area contributed by atoms with Crippen LogP contribution in [-0.2, 0) is 36.2 Å². The Morgan fingerprint density at radius 2 is 0.682 bits per heavy atom. The third-order valence-corrected chi connectivity index (χ3v) is 0.167. The Morgan fingerprint density at radius 1 is 0.636 bits per heavy atom. The SMILES string of the molecule is CC(=O)O.CC(=O)O.CC(=O)O.CC(=O)O.NCCN.[Fe].[KH]. The molecular weight excluding hydrogens is 371 g/mol. The van der Waals surface area contributed by atoms with Gasteiger partial charge in [0, 0.05) is 57.9 Å². The number of carboxylic acid groups (broad SMARTS) is 4. The fourth-order valence-corrected chi connectivity index (χ4v) is 0. The summed E-state index contributed by atoms with van der Waals surface area (Å²) in [6, 6.07) is 0. The fourth-order valence-electron chi connectivity index (χ4n) is 0. The quantitative estimate of drug-likeness (QED) is 0.287. The molecule has 0 spiro atoms. The second-order valence-corrected chi connectivity index (χ2v) is 2.65. The van der Waals surface area contributed by atoms with E-state index in [1.807, 2.05) is 0 Å². The standard InChI is InChI=1S/C2H8N2.4C2H4O2.Fe.K.H/c3-1-2-4;4*1-2(3)4;;;/h1-4H2;4*1H3,(H,3,4);;;. The van der Waals surface area contributed by atoms with E-state index < -0.39 is 23.9 Å². The minimum atomic E-state index is -0.833. The monoisotopic (exact) mass is 396 g/mol. The van der Waals surface area contributed by atoms with Gasteiger partial charge in [-0.3, -0.25) is 19.2 Å². The van der Waals surface area contributed by atoms with Gasteiger partial charge >= 0.3 is 51.4 Å². The molecule has 0 aromatic carbocycles. The zero-order chi connectivity index (χ0) is 17.7. The molecule has 0 aliphatic heterocycles. The van der Waals surface area contributed by atoms with Gasteiger partial charge in [-0.05, 0) is 0 Å². The molecule has 0 saturated carbocycles. The number of hydrogen-bond donors (Lipinski definition) is 6. The Hall–Kier alpha value is -0.0442. The molecule has 0 fully saturated rings. The van der Waals surface area contributed by atoms with Crippen LogP contribution in [0.1, 0.15) is 27.7 Å². The van der Waals surface area contributed by atoms with Gasteiger partial charge in [-0.15, -0.1) is 0 Å². The molecule has 0 unspecified atom stereocenters. The van der Waals surface area contributed by atoms with Crippen LogP contribution in [-0.4, -0.2) is 109 Å². The maximum atomic E-state index is 9.00. The van der Waals surface area contributed by atoms with E-state index in [0.717, 1.165) is 27.7 Å². The molecule has 132 valence electrons. The summed E-state index contributed by atoms with van der Waals surface area (Å²) in [4.78, 5) is 36.0. The summed E-state index contributed by atoms with van der Waals surface area (Å²) >= 11 is 0. The van der Waals surface area contributed by atoms with Crippen LogP contribution in [0.3, 0.4) is 0 Å². The Morgan fingerprint density at radius 3 is 0.682 bits per heavy atom. The van der Waals surface area contributed by atoms with Crippen LogP contribution in [0, 0.1) is 0 Å². The van der Waals surface area contributed by atoms with Crippen molar-refractivity contribution in [2.24, 2.45) is 11.5 Å². The number of carboxylic acids is 4. The average Bonchev–Trinajstić information content (AvgIpc) is 2.13. The molecule has 0 radical (unpaired) electrons. The van der Waals surface area contributed by atoms with Crippen LogP contribution in [0.5, 0.6) is 0 Å². The Labute approximate surface area is 182 Å². The fraction of sp³-hybridized carbons (Fsp3) is 0.600. The minimum absolute atomic E-state index is 0. The molecule has 0 saturated heterocycles. The van der Waals surface area contributed by atoms with Crippen LogP contribution in [0.2, 0.25) is 0 Å². The molecule has 0 amide bonds. The zero-order valence-electron chi connectivity index (χ0n) is 12.3. The Balaban J connectivity index is -0.0000000250. The van der Waals surface area contributed by atoms with Crippen molar-refractivity contribution in [2.75, 3.05) is 13.1 Å². The second kappa shape index (κ2) is 42.8. The molecule has 0 heterocycles. The predicted octanol–water partition coefficient (Wildman–Crippen LogP) is -1.38. The third-order valence-electron chi connectivity index (χ3n) is 0.167. The topological polar surface area (TPSA) is 201 Å². The van der Waals surface area contributed by atoms with Crippen molar-refractivity contribution in [2.45, 2.75) is 27.7 Å². The molecule has 10 nitrogen and oxygen atoms in total. The van der Waals surface area contributed by atoms with E-state index in [2.05, 4.69) is 0 Å². The van der Waals surface area contributed by atoms with E-state index in [1.54, 1.807) is 0 Å². The zero-order valence-corrected chi connectivity index (χ0v) is 13.4. The molecule has 0 aromatic heterocycles. The first-order valence-corrected chi connectivity index (χ1v) is 5.03. The van der Waals surface area contributed by atoms with E-state index >= 15 is 0 Å². The normalized spacial score (nSPS) is 5.91. The molecule has 0 rings (SSSR count). The summed E-state index contributed by atoms with van der Waals surface area (Å²) in [7, 11) is 0. The molecule has 12 heteroatoms. The summed E-state index contributed by atoms with van der Waals surface area (Å²) < 4.78 is 0. The third kappa shape index (κ3) is 7850. The first-order valence-electron chi connectivity index (χ1n) is 5.03. The summed E-state index contributed by atoms with van der Waals surface area (Å²) in [5.74, 6) is -3.33. The number of hydrogen-bond acceptors (Lipinski definition) is 6. The molecular formula is C10H25FeKN2O8. The van der Waals surface area contributed by atoms with Gasteiger partial charge in [0.1, 0.15) is 0 Å². The van der Waals surface area contributed by atoms with Gasteiger partial charge in [-0.2, -0.15) is 0 Å². The van der Waals surface area contributed by atoms with Gasteiger partial charge in [-0.1, -0.05) is 0 Å². The number of carbonyl (C=O) groups is 4. The molecule has 8 N–H and O–H groups in total. The van der Waals surface area contributed by atoms with Crippen LogP contribution < -0.4 is 11.5 Å². The van der Waals surface area contributed by atoms with E-state index in [1.165, 1.54) is 0 Å². The van der Waals surface area contributed by atoms with Gasteiger partial charge in [0.2, 0.25) is 0 Å². The predicted molar refractivity (Wildman–Crippen MR) is 78.5 cm³/mol. The Kier molecular flexibility index (Phi) is 84.0. The summed E-state index contributed by atoms with van der Waals surface area (Å²) in [5.41, 5.74) is 9.81. The van der Waals surface area contributed by atoms with E-state index in [-0.39, 0.29) is 68.5 Å². The van der Waals surface area contributed by atoms with E-state index in [9.17, 15) is 0 Å². The molecule has 22 heavy (non-hydrogen) atoms. The van der Waals surface area contributed by atoms with Crippen molar-refractivity contribution >= 4 is 75.3 Å². The molecule has 0 aliphatic carbocycles.